The Morgan fingerprint density at radius 2 is 2.19 bits per heavy atom. The van der Waals surface area contributed by atoms with Crippen LogP contribution >= 0.6 is 12.4 Å². The van der Waals surface area contributed by atoms with Gasteiger partial charge in [0.25, 0.3) is 10.1 Å². The monoisotopic (exact) mass is 265 g/mol. The van der Waals surface area contributed by atoms with Crippen molar-refractivity contribution in [2.24, 2.45) is 0 Å². The van der Waals surface area contributed by atoms with E-state index in [-0.39, 0.29) is 23.4 Å². The molecule has 0 bridgehead atoms. The van der Waals surface area contributed by atoms with Crippen molar-refractivity contribution in [3.05, 3.63) is 18.2 Å². The van der Waals surface area contributed by atoms with Gasteiger partial charge in [0.2, 0.25) is 0 Å². The summed E-state index contributed by atoms with van der Waals surface area (Å²) >= 11 is 0. The van der Waals surface area contributed by atoms with Crippen LogP contribution in [-0.2, 0) is 10.1 Å². The summed E-state index contributed by atoms with van der Waals surface area (Å²) in [6.07, 6.45) is -0.0193. The van der Waals surface area contributed by atoms with E-state index in [0.717, 1.165) is 5.69 Å². The largest absolute Gasteiger partial charge is 0.487 e. The van der Waals surface area contributed by atoms with Crippen molar-refractivity contribution in [1.29, 1.82) is 0 Å². The van der Waals surface area contributed by atoms with E-state index in [2.05, 4.69) is 5.32 Å². The molecule has 1 aromatic rings. The summed E-state index contributed by atoms with van der Waals surface area (Å²) in [5, 5.41) is 3.09. The quantitative estimate of drug-likeness (QED) is 0.754. The van der Waals surface area contributed by atoms with Crippen LogP contribution < -0.4 is 10.1 Å². The summed E-state index contributed by atoms with van der Waals surface area (Å²) in [6, 6.07) is 4.22. The summed E-state index contributed by atoms with van der Waals surface area (Å²) < 4.78 is 36.0. The van der Waals surface area contributed by atoms with Crippen molar-refractivity contribution >= 4 is 28.2 Å². The van der Waals surface area contributed by atoms with Crippen molar-refractivity contribution in [2.45, 2.75) is 17.9 Å². The molecule has 0 aliphatic carbocycles. The van der Waals surface area contributed by atoms with Gasteiger partial charge in [-0.3, -0.25) is 4.55 Å². The molecule has 1 unspecified atom stereocenters. The van der Waals surface area contributed by atoms with Gasteiger partial charge in [-0.05, 0) is 19.1 Å². The van der Waals surface area contributed by atoms with Gasteiger partial charge in [0.1, 0.15) is 11.9 Å². The summed E-state index contributed by atoms with van der Waals surface area (Å²) in [5.41, 5.74) is 0.737. The number of nitrogens with one attached hydrogen (secondary N) is 1. The summed E-state index contributed by atoms with van der Waals surface area (Å²) in [4.78, 5) is -0.155. The lowest BCUT2D eigenvalue weighted by atomic mass is 10.2. The second kappa shape index (κ2) is 4.48. The normalized spacial score (nSPS) is 18.8. The maximum atomic E-state index is 10.9. The molecular weight excluding hydrogens is 254 g/mol. The van der Waals surface area contributed by atoms with Crippen molar-refractivity contribution in [3.63, 3.8) is 0 Å². The molecule has 7 heteroatoms. The second-order valence-electron chi connectivity index (χ2n) is 3.44. The van der Waals surface area contributed by atoms with Gasteiger partial charge in [0, 0.05) is 6.07 Å². The van der Waals surface area contributed by atoms with E-state index in [9.17, 15) is 8.42 Å². The van der Waals surface area contributed by atoms with E-state index in [4.69, 9.17) is 9.29 Å². The molecule has 0 amide bonds. The Bertz CT molecular complexity index is 488. The summed E-state index contributed by atoms with van der Waals surface area (Å²) in [6.45, 7) is 2.55. The van der Waals surface area contributed by atoms with Gasteiger partial charge >= 0.3 is 0 Å². The van der Waals surface area contributed by atoms with Gasteiger partial charge in [0.15, 0.2) is 0 Å². The third-order valence-corrected chi connectivity index (χ3v) is 3.01. The molecule has 1 aliphatic heterocycles. The highest BCUT2D eigenvalue weighted by molar-refractivity contribution is 7.85. The Kier molecular flexibility index (Phi) is 3.67. The van der Waals surface area contributed by atoms with E-state index in [1.54, 1.807) is 6.07 Å². The Hall–Kier alpha value is -0.980. The Labute approximate surface area is 100.0 Å². The Morgan fingerprint density at radius 1 is 1.50 bits per heavy atom. The second-order valence-corrected chi connectivity index (χ2v) is 4.86. The number of rotatable bonds is 1. The average Bonchev–Trinajstić information content (AvgIpc) is 2.15. The predicted molar refractivity (Wildman–Crippen MR) is 62.1 cm³/mol. The fourth-order valence-corrected chi connectivity index (χ4v) is 1.91. The van der Waals surface area contributed by atoms with Gasteiger partial charge in [-0.15, -0.1) is 12.4 Å². The zero-order valence-electron chi connectivity index (χ0n) is 8.50. The smallest absolute Gasteiger partial charge is 0.294 e. The molecule has 0 spiro atoms. The third-order valence-electron chi connectivity index (χ3n) is 2.16. The van der Waals surface area contributed by atoms with E-state index in [0.29, 0.717) is 12.3 Å². The topological polar surface area (TPSA) is 75.6 Å². The minimum Gasteiger partial charge on any atom is -0.487 e. The van der Waals surface area contributed by atoms with Crippen molar-refractivity contribution in [1.82, 2.24) is 0 Å². The van der Waals surface area contributed by atoms with E-state index < -0.39 is 10.1 Å². The molecular formula is C9H12ClNO4S. The number of benzene rings is 1. The molecule has 2 rings (SSSR count). The molecule has 0 saturated heterocycles. The third kappa shape index (κ3) is 2.58. The number of hydrogen-bond donors (Lipinski definition) is 2. The first-order valence-corrected chi connectivity index (χ1v) is 5.93. The molecule has 0 saturated carbocycles. The van der Waals surface area contributed by atoms with Crippen LogP contribution in [0.2, 0.25) is 0 Å². The molecule has 90 valence electrons. The molecule has 0 radical (unpaired) electrons. The van der Waals surface area contributed by atoms with Crippen LogP contribution in [0.25, 0.3) is 0 Å². The van der Waals surface area contributed by atoms with Crippen LogP contribution in [0.15, 0.2) is 23.1 Å². The molecule has 1 atom stereocenters. The predicted octanol–water partition coefficient (Wildman–Crippen LogP) is 1.55. The van der Waals surface area contributed by atoms with E-state index in [1.807, 2.05) is 6.92 Å². The standard InChI is InChI=1S/C9H11NO4S.ClH/c1-6-5-10-8-3-2-7(15(11,12)13)4-9(8)14-6;/h2-4,6,10H,5H2,1H3,(H,11,12,13);1H. The minimum atomic E-state index is -4.16. The maximum Gasteiger partial charge on any atom is 0.294 e. The lowest BCUT2D eigenvalue weighted by Crippen LogP contribution is -2.27. The van der Waals surface area contributed by atoms with Crippen LogP contribution in [0, 0.1) is 0 Å². The highest BCUT2D eigenvalue weighted by Crippen LogP contribution is 2.31. The molecule has 1 aromatic carbocycles. The zero-order chi connectivity index (χ0) is 11.1. The van der Waals surface area contributed by atoms with Gasteiger partial charge in [-0.1, -0.05) is 0 Å². The lowest BCUT2D eigenvalue weighted by molar-refractivity contribution is 0.225. The van der Waals surface area contributed by atoms with Crippen LogP contribution in [-0.4, -0.2) is 25.6 Å². The number of anilines is 1. The molecule has 0 fully saturated rings. The first-order chi connectivity index (χ1) is 6.97. The molecule has 2 N–H and O–H groups in total. The Balaban J connectivity index is 0.00000128. The first-order valence-electron chi connectivity index (χ1n) is 4.49. The van der Waals surface area contributed by atoms with Crippen LogP contribution in [0.4, 0.5) is 5.69 Å². The van der Waals surface area contributed by atoms with E-state index >= 15 is 0 Å². The lowest BCUT2D eigenvalue weighted by Gasteiger charge is -2.24. The first kappa shape index (κ1) is 13.1. The van der Waals surface area contributed by atoms with Crippen LogP contribution in [0.5, 0.6) is 5.75 Å². The minimum absolute atomic E-state index is 0. The molecule has 16 heavy (non-hydrogen) atoms. The van der Waals surface area contributed by atoms with Gasteiger partial charge < -0.3 is 10.1 Å². The molecule has 0 aromatic heterocycles. The highest BCUT2D eigenvalue weighted by atomic mass is 35.5. The maximum absolute atomic E-state index is 10.9. The molecule has 1 aliphatic rings. The van der Waals surface area contributed by atoms with Crippen LogP contribution in [0.3, 0.4) is 0 Å². The number of fused-ring (bicyclic) bond motifs is 1. The summed E-state index contributed by atoms with van der Waals surface area (Å²) in [7, 11) is -4.16. The fraction of sp³-hybridized carbons (Fsp3) is 0.333. The number of halogens is 1. The van der Waals surface area contributed by atoms with Gasteiger partial charge in [-0.25, -0.2) is 0 Å². The van der Waals surface area contributed by atoms with Crippen LogP contribution in [0.1, 0.15) is 6.92 Å². The fourth-order valence-electron chi connectivity index (χ4n) is 1.42. The van der Waals surface area contributed by atoms with E-state index in [1.165, 1.54) is 12.1 Å². The number of hydrogen-bond acceptors (Lipinski definition) is 4. The van der Waals surface area contributed by atoms with Gasteiger partial charge in [-0.2, -0.15) is 8.42 Å². The Morgan fingerprint density at radius 3 is 2.81 bits per heavy atom. The van der Waals surface area contributed by atoms with Crippen molar-refractivity contribution in [3.8, 4) is 5.75 Å². The highest BCUT2D eigenvalue weighted by Gasteiger charge is 2.18. The SMILES string of the molecule is CC1CNc2ccc(S(=O)(=O)O)cc2O1.Cl. The molecule has 5 nitrogen and oxygen atoms in total. The summed E-state index contributed by atoms with van der Waals surface area (Å²) in [5.74, 6) is 0.448. The van der Waals surface area contributed by atoms with Crippen molar-refractivity contribution in [2.75, 3.05) is 11.9 Å². The average molecular weight is 266 g/mol. The number of ether oxygens (including phenoxy) is 1. The molecule has 1 heterocycles. The zero-order valence-corrected chi connectivity index (χ0v) is 10.1. The van der Waals surface area contributed by atoms with Gasteiger partial charge in [0.05, 0.1) is 17.1 Å². The van der Waals surface area contributed by atoms with Crippen molar-refractivity contribution < 1.29 is 17.7 Å².